The van der Waals surface area contributed by atoms with E-state index in [-0.39, 0.29) is 18.0 Å². The number of aliphatic imine (C=N–C) groups is 1. The largest absolute Gasteiger partial charge is 0.490 e. The third-order valence-corrected chi connectivity index (χ3v) is 6.41. The molecule has 4 unspecified atom stereocenters. The first-order chi connectivity index (χ1) is 13.4. The summed E-state index contributed by atoms with van der Waals surface area (Å²) < 4.78 is 12.0. The van der Waals surface area contributed by atoms with Crippen LogP contribution in [0.2, 0.25) is 5.02 Å². The van der Waals surface area contributed by atoms with Gasteiger partial charge in [-0.25, -0.2) is 4.99 Å². The second kappa shape index (κ2) is 6.09. The zero-order valence-corrected chi connectivity index (χ0v) is 16.3. The molecule has 5 rings (SSSR count). The molecule has 1 aliphatic carbocycles. The first-order valence-electron chi connectivity index (χ1n) is 9.49. The number of hydrogen-bond donors (Lipinski definition) is 2. The number of nitrogens with zero attached hydrogens (tertiary/aromatic N) is 2. The number of hydrogen-bond acceptors (Lipinski definition) is 6. The number of halogens is 1. The molecule has 2 aromatic rings. The van der Waals surface area contributed by atoms with E-state index in [0.29, 0.717) is 24.5 Å². The number of ether oxygens (including phenoxy) is 2. The van der Waals surface area contributed by atoms with Crippen molar-refractivity contribution in [1.29, 1.82) is 0 Å². The molecular formula is C21H22ClN3O3. The highest BCUT2D eigenvalue weighted by atomic mass is 35.5. The molecule has 1 fully saturated rings. The average molecular weight is 400 g/mol. The maximum Gasteiger partial charge on any atom is 0.283 e. The van der Waals surface area contributed by atoms with Crippen molar-refractivity contribution in [1.82, 2.24) is 4.98 Å². The van der Waals surface area contributed by atoms with Crippen molar-refractivity contribution in [2.24, 2.45) is 16.6 Å². The molecule has 3 heterocycles. The molecule has 7 heteroatoms. The van der Waals surface area contributed by atoms with Gasteiger partial charge in [-0.2, -0.15) is 0 Å². The summed E-state index contributed by atoms with van der Waals surface area (Å²) in [6, 6.07) is 8.10. The van der Waals surface area contributed by atoms with E-state index in [4.69, 9.17) is 31.8 Å². The molecule has 6 nitrogen and oxygen atoms in total. The van der Waals surface area contributed by atoms with Crippen molar-refractivity contribution in [3.8, 4) is 16.9 Å². The molecule has 28 heavy (non-hydrogen) atoms. The van der Waals surface area contributed by atoms with Crippen LogP contribution in [0.3, 0.4) is 0 Å². The Morgan fingerprint density at radius 2 is 2.11 bits per heavy atom. The van der Waals surface area contributed by atoms with Crippen molar-refractivity contribution < 1.29 is 14.6 Å². The smallest absolute Gasteiger partial charge is 0.283 e. The third-order valence-electron chi connectivity index (χ3n) is 6.20. The zero-order chi connectivity index (χ0) is 19.5. The zero-order valence-electron chi connectivity index (χ0n) is 15.6. The fourth-order valence-corrected chi connectivity index (χ4v) is 5.01. The van der Waals surface area contributed by atoms with Crippen molar-refractivity contribution in [3.05, 3.63) is 47.2 Å². The van der Waals surface area contributed by atoms with Gasteiger partial charge < -0.3 is 20.3 Å². The van der Waals surface area contributed by atoms with Gasteiger partial charge in [0.2, 0.25) is 0 Å². The van der Waals surface area contributed by atoms with Crippen LogP contribution < -0.4 is 10.5 Å². The molecule has 0 saturated heterocycles. The maximum atomic E-state index is 10.7. The quantitative estimate of drug-likeness (QED) is 0.768. The van der Waals surface area contributed by atoms with Crippen molar-refractivity contribution in [2.75, 3.05) is 6.61 Å². The maximum absolute atomic E-state index is 10.7. The molecule has 1 aromatic carbocycles. The van der Waals surface area contributed by atoms with Gasteiger partial charge in [-0.15, -0.1) is 0 Å². The normalized spacial score (nSPS) is 33.5. The number of fused-ring (bicyclic) bond motifs is 4. The van der Waals surface area contributed by atoms with E-state index in [1.807, 2.05) is 25.1 Å². The van der Waals surface area contributed by atoms with Crippen LogP contribution in [0.1, 0.15) is 31.7 Å². The summed E-state index contributed by atoms with van der Waals surface area (Å²) in [5.74, 6) is 0.779. The number of rotatable bonds is 1. The van der Waals surface area contributed by atoms with Gasteiger partial charge >= 0.3 is 0 Å². The van der Waals surface area contributed by atoms with Crippen molar-refractivity contribution in [2.45, 2.75) is 43.4 Å². The van der Waals surface area contributed by atoms with Gasteiger partial charge in [-0.1, -0.05) is 17.7 Å². The van der Waals surface area contributed by atoms with E-state index in [2.05, 4.69) is 11.1 Å². The summed E-state index contributed by atoms with van der Waals surface area (Å²) in [6.07, 6.45) is 5.42. The Labute approximate surface area is 168 Å². The molecule has 3 N–H and O–H groups in total. The van der Waals surface area contributed by atoms with E-state index in [1.54, 1.807) is 12.4 Å². The average Bonchev–Trinajstić information content (AvgIpc) is 3.05. The van der Waals surface area contributed by atoms with Gasteiger partial charge in [0.1, 0.15) is 24.0 Å². The summed E-state index contributed by atoms with van der Waals surface area (Å²) in [7, 11) is 0. The van der Waals surface area contributed by atoms with Gasteiger partial charge in [-0.05, 0) is 49.9 Å². The first-order valence-corrected chi connectivity index (χ1v) is 9.87. The number of benzene rings is 1. The topological polar surface area (TPSA) is 90.0 Å². The van der Waals surface area contributed by atoms with E-state index >= 15 is 0 Å². The summed E-state index contributed by atoms with van der Waals surface area (Å²) >= 11 is 6.13. The third kappa shape index (κ3) is 2.74. The number of aliphatic hydroxyl groups is 1. The predicted octanol–water partition coefficient (Wildman–Crippen LogP) is 3.25. The van der Waals surface area contributed by atoms with Gasteiger partial charge in [0.05, 0.1) is 10.6 Å². The van der Waals surface area contributed by atoms with Crippen molar-refractivity contribution >= 4 is 17.6 Å². The number of pyridine rings is 1. The summed E-state index contributed by atoms with van der Waals surface area (Å²) in [5.41, 5.74) is 7.36. The summed E-state index contributed by atoms with van der Waals surface area (Å²) in [4.78, 5) is 8.95. The highest BCUT2D eigenvalue weighted by Crippen LogP contribution is 2.54. The molecule has 0 amide bonds. The fraction of sp³-hybridized carbons (Fsp3) is 0.429. The summed E-state index contributed by atoms with van der Waals surface area (Å²) in [5, 5.41) is 11.3. The van der Waals surface area contributed by atoms with Gasteiger partial charge in [0.15, 0.2) is 0 Å². The van der Waals surface area contributed by atoms with Gasteiger partial charge in [-0.3, -0.25) is 4.98 Å². The lowest BCUT2D eigenvalue weighted by Gasteiger charge is -2.49. The van der Waals surface area contributed by atoms with Crippen LogP contribution in [0, 0.1) is 5.92 Å². The molecular weight excluding hydrogens is 378 g/mol. The highest BCUT2D eigenvalue weighted by molar-refractivity contribution is 6.30. The molecule has 0 bridgehead atoms. The number of aromatic nitrogens is 1. The summed E-state index contributed by atoms with van der Waals surface area (Å²) in [6.45, 7) is 2.23. The van der Waals surface area contributed by atoms with Crippen LogP contribution in [-0.4, -0.2) is 34.4 Å². The van der Waals surface area contributed by atoms with Gasteiger partial charge in [0, 0.05) is 29.4 Å². The number of amidine groups is 1. The Balaban J connectivity index is 1.66. The van der Waals surface area contributed by atoms with Crippen LogP contribution in [-0.2, 0) is 10.3 Å². The minimum atomic E-state index is -0.754. The Hall–Kier alpha value is -2.31. The van der Waals surface area contributed by atoms with E-state index in [9.17, 15) is 5.11 Å². The van der Waals surface area contributed by atoms with E-state index in [1.165, 1.54) is 0 Å². The van der Waals surface area contributed by atoms with Crippen LogP contribution in [0.4, 0.5) is 0 Å². The fourth-order valence-electron chi connectivity index (χ4n) is 4.84. The highest BCUT2D eigenvalue weighted by Gasteiger charge is 2.57. The molecule has 1 aromatic heterocycles. The monoisotopic (exact) mass is 399 g/mol. The molecule has 0 radical (unpaired) electrons. The second-order valence-corrected chi connectivity index (χ2v) is 8.70. The lowest BCUT2D eigenvalue weighted by Crippen LogP contribution is -2.54. The second-order valence-electron chi connectivity index (χ2n) is 8.27. The standard InChI is InChI=1S/C21H22ClN3O3/c1-20(26)5-4-18-16(8-20)21(11-27-19(23)25-21)15-7-12(2-3-17(15)28-18)13-6-14(22)10-24-9-13/h2-3,6-7,9-10,16,18,26H,4-5,8,11H2,1H3,(H2,23,25). The Bertz CT molecular complexity index is 977. The molecule has 1 spiro atoms. The van der Waals surface area contributed by atoms with Gasteiger partial charge in [0.25, 0.3) is 6.02 Å². The van der Waals surface area contributed by atoms with Crippen LogP contribution in [0.25, 0.3) is 11.1 Å². The van der Waals surface area contributed by atoms with Crippen LogP contribution in [0.15, 0.2) is 41.7 Å². The minimum Gasteiger partial charge on any atom is -0.490 e. The molecule has 4 atom stereocenters. The van der Waals surface area contributed by atoms with Crippen molar-refractivity contribution in [3.63, 3.8) is 0 Å². The van der Waals surface area contributed by atoms with Crippen LogP contribution in [0.5, 0.6) is 5.75 Å². The predicted molar refractivity (Wildman–Crippen MR) is 106 cm³/mol. The van der Waals surface area contributed by atoms with Crippen LogP contribution >= 0.6 is 11.6 Å². The SMILES string of the molecule is CC1(O)CCC2Oc3ccc(-c4cncc(Cl)c4)cc3C3(COC(N)=N3)C2C1. The molecule has 1 saturated carbocycles. The van der Waals surface area contributed by atoms with E-state index < -0.39 is 11.1 Å². The molecule has 2 aliphatic heterocycles. The Morgan fingerprint density at radius 1 is 1.25 bits per heavy atom. The lowest BCUT2D eigenvalue weighted by atomic mass is 9.64. The number of nitrogens with two attached hydrogens (primary N) is 1. The first kappa shape index (κ1) is 17.8. The molecule has 146 valence electrons. The molecule has 3 aliphatic rings. The Morgan fingerprint density at radius 3 is 2.86 bits per heavy atom. The Kier molecular flexibility index (Phi) is 3.87. The lowest BCUT2D eigenvalue weighted by molar-refractivity contribution is -0.0805. The van der Waals surface area contributed by atoms with E-state index in [0.717, 1.165) is 28.9 Å². The minimum absolute atomic E-state index is 0.0162.